The number of carbonyl (C=O) groups excluding carboxylic acids is 2. The minimum absolute atomic E-state index is 0.321. The molecule has 0 aliphatic rings. The van der Waals surface area contributed by atoms with Gasteiger partial charge in [-0.15, -0.1) is 22.7 Å². The minimum atomic E-state index is -0.321. The molecule has 10 heteroatoms. The zero-order valence-corrected chi connectivity index (χ0v) is 20.6. The smallest absolute Gasteiger partial charge is 0.258 e. The van der Waals surface area contributed by atoms with Crippen molar-refractivity contribution in [1.29, 1.82) is 0 Å². The average Bonchev–Trinajstić information content (AvgIpc) is 3.29. The largest absolute Gasteiger partial charge is 0.322 e. The van der Waals surface area contributed by atoms with Gasteiger partial charge in [0, 0.05) is 11.4 Å². The van der Waals surface area contributed by atoms with Crippen LogP contribution in [0, 0.1) is 0 Å². The van der Waals surface area contributed by atoms with Gasteiger partial charge in [0.05, 0.1) is 19.8 Å². The van der Waals surface area contributed by atoms with Gasteiger partial charge in [-0.25, -0.2) is 0 Å². The fourth-order valence-corrected chi connectivity index (χ4v) is 5.80. The van der Waals surface area contributed by atoms with Crippen molar-refractivity contribution in [3.8, 4) is 11.1 Å². The summed E-state index contributed by atoms with van der Waals surface area (Å²) in [6.45, 7) is 0. The first-order valence-electron chi connectivity index (χ1n) is 9.03. The Labute approximate surface area is 211 Å². The van der Waals surface area contributed by atoms with Crippen LogP contribution < -0.4 is 10.6 Å². The van der Waals surface area contributed by atoms with E-state index in [-0.39, 0.29) is 11.8 Å². The van der Waals surface area contributed by atoms with Gasteiger partial charge in [-0.05, 0) is 47.5 Å². The van der Waals surface area contributed by atoms with Crippen LogP contribution in [0.15, 0.2) is 60.7 Å². The van der Waals surface area contributed by atoms with Crippen LogP contribution in [-0.2, 0) is 0 Å². The molecule has 0 aliphatic carbocycles. The van der Waals surface area contributed by atoms with Crippen LogP contribution in [0.5, 0.6) is 0 Å². The maximum atomic E-state index is 12.4. The summed E-state index contributed by atoms with van der Waals surface area (Å²) in [6, 6.07) is 17.8. The lowest BCUT2D eigenvalue weighted by Gasteiger charge is -2.08. The van der Waals surface area contributed by atoms with Gasteiger partial charge in [0.2, 0.25) is 0 Å². The van der Waals surface area contributed by atoms with Crippen molar-refractivity contribution >= 4 is 92.3 Å². The van der Waals surface area contributed by atoms with E-state index in [0.717, 1.165) is 33.8 Å². The average molecular weight is 542 g/mol. The number of halogens is 4. The molecule has 32 heavy (non-hydrogen) atoms. The second kappa shape index (κ2) is 9.83. The highest BCUT2D eigenvalue weighted by molar-refractivity contribution is 7.20. The maximum absolute atomic E-state index is 12.4. The van der Waals surface area contributed by atoms with Gasteiger partial charge in [-0.1, -0.05) is 70.7 Å². The van der Waals surface area contributed by atoms with Gasteiger partial charge >= 0.3 is 0 Å². The van der Waals surface area contributed by atoms with E-state index in [1.165, 1.54) is 0 Å². The predicted molar refractivity (Wildman–Crippen MR) is 136 cm³/mol. The molecule has 2 aromatic heterocycles. The lowest BCUT2D eigenvalue weighted by molar-refractivity contribution is 0.101. The molecule has 162 valence electrons. The first kappa shape index (κ1) is 23.1. The Kier molecular flexibility index (Phi) is 7.10. The number of carbonyl (C=O) groups is 2. The summed E-state index contributed by atoms with van der Waals surface area (Å²) >= 11 is 26.2. The van der Waals surface area contributed by atoms with Gasteiger partial charge in [0.25, 0.3) is 11.8 Å². The number of hydrogen-bond acceptors (Lipinski definition) is 4. The lowest BCUT2D eigenvalue weighted by Crippen LogP contribution is -2.11. The molecule has 0 radical (unpaired) electrons. The van der Waals surface area contributed by atoms with Crippen LogP contribution >= 0.6 is 69.1 Å². The molecule has 0 spiro atoms. The molecule has 0 aliphatic heterocycles. The third-order valence-electron chi connectivity index (χ3n) is 4.42. The Bertz CT molecular complexity index is 1200. The number of nitrogens with one attached hydrogen (secondary N) is 2. The van der Waals surface area contributed by atoms with Crippen LogP contribution in [0.2, 0.25) is 17.3 Å². The van der Waals surface area contributed by atoms with Crippen molar-refractivity contribution in [2.45, 2.75) is 0 Å². The number of benzene rings is 2. The van der Waals surface area contributed by atoms with E-state index in [2.05, 4.69) is 10.6 Å². The van der Waals surface area contributed by atoms with Gasteiger partial charge in [-0.3, -0.25) is 9.59 Å². The van der Waals surface area contributed by atoms with Crippen molar-refractivity contribution in [1.82, 2.24) is 0 Å². The summed E-state index contributed by atoms with van der Waals surface area (Å²) in [7, 11) is 0. The second-order valence-corrected chi connectivity index (χ2v) is 11.1. The summed E-state index contributed by atoms with van der Waals surface area (Å²) in [5.41, 5.74) is 3.85. The summed E-state index contributed by atoms with van der Waals surface area (Å²) in [5, 5.41) is 5.60. The van der Waals surface area contributed by atoms with Gasteiger partial charge in [-0.2, -0.15) is 0 Å². The van der Waals surface area contributed by atoms with Crippen molar-refractivity contribution in [3.05, 3.63) is 89.1 Å². The molecule has 0 bridgehead atoms. The standard InChI is InChI=1S/C22H12Cl4N2O2S2/c23-17-9-15(19(25)31-17)21(29)27-13-5-1-11(2-6-13)12-3-7-14(8-4-12)28-22(30)16-10-18(24)32-20(16)26/h1-10H,(H,27,29)(H,28,30). The summed E-state index contributed by atoms with van der Waals surface area (Å²) in [6.07, 6.45) is 0. The quantitative estimate of drug-likeness (QED) is 0.265. The monoisotopic (exact) mass is 540 g/mol. The van der Waals surface area contributed by atoms with E-state index in [4.69, 9.17) is 46.4 Å². The van der Waals surface area contributed by atoms with Crippen molar-refractivity contribution in [2.75, 3.05) is 10.6 Å². The molecular weight excluding hydrogens is 530 g/mol. The zero-order chi connectivity index (χ0) is 22.8. The molecule has 0 atom stereocenters. The first-order valence-corrected chi connectivity index (χ1v) is 12.2. The van der Waals surface area contributed by atoms with Crippen LogP contribution in [0.3, 0.4) is 0 Å². The normalized spacial score (nSPS) is 10.8. The Morgan fingerprint density at radius 1 is 0.594 bits per heavy atom. The molecule has 0 fully saturated rings. The van der Waals surface area contributed by atoms with E-state index in [0.29, 0.717) is 39.8 Å². The first-order chi connectivity index (χ1) is 15.3. The SMILES string of the molecule is O=C(Nc1ccc(-c2ccc(NC(=O)c3cc(Cl)sc3Cl)cc2)cc1)c1cc(Cl)sc1Cl. The number of hydrogen-bond donors (Lipinski definition) is 2. The van der Waals surface area contributed by atoms with Crippen molar-refractivity contribution in [2.24, 2.45) is 0 Å². The number of anilines is 2. The second-order valence-electron chi connectivity index (χ2n) is 6.54. The zero-order valence-electron chi connectivity index (χ0n) is 15.9. The molecule has 0 saturated carbocycles. The maximum Gasteiger partial charge on any atom is 0.258 e. The van der Waals surface area contributed by atoms with E-state index in [1.54, 1.807) is 36.4 Å². The Hall–Kier alpha value is -2.06. The van der Waals surface area contributed by atoms with Crippen LogP contribution in [0.1, 0.15) is 20.7 Å². The Balaban J connectivity index is 1.42. The molecule has 2 heterocycles. The van der Waals surface area contributed by atoms with Crippen LogP contribution in [0.4, 0.5) is 11.4 Å². The van der Waals surface area contributed by atoms with Gasteiger partial charge in [0.15, 0.2) is 0 Å². The summed E-state index contributed by atoms with van der Waals surface area (Å²) in [5.74, 6) is -0.643. The predicted octanol–water partition coefficient (Wildman–Crippen LogP) is 8.59. The van der Waals surface area contributed by atoms with Gasteiger partial charge in [0.1, 0.15) is 8.67 Å². The molecule has 4 nitrogen and oxygen atoms in total. The molecule has 0 unspecified atom stereocenters. The Morgan fingerprint density at radius 3 is 1.22 bits per heavy atom. The highest BCUT2D eigenvalue weighted by Crippen LogP contribution is 2.33. The van der Waals surface area contributed by atoms with Crippen LogP contribution in [-0.4, -0.2) is 11.8 Å². The highest BCUT2D eigenvalue weighted by atomic mass is 35.5. The third kappa shape index (κ3) is 5.29. The molecule has 4 rings (SSSR count). The van der Waals surface area contributed by atoms with E-state index >= 15 is 0 Å². The number of thiophene rings is 2. The number of amides is 2. The molecule has 2 aromatic carbocycles. The topological polar surface area (TPSA) is 58.2 Å². The molecule has 4 aromatic rings. The van der Waals surface area contributed by atoms with Crippen molar-refractivity contribution < 1.29 is 9.59 Å². The minimum Gasteiger partial charge on any atom is -0.322 e. The Morgan fingerprint density at radius 2 is 0.938 bits per heavy atom. The summed E-state index contributed by atoms with van der Waals surface area (Å²) in [4.78, 5) is 24.7. The fourth-order valence-electron chi connectivity index (χ4n) is 2.88. The number of rotatable bonds is 5. The van der Waals surface area contributed by atoms with Crippen molar-refractivity contribution in [3.63, 3.8) is 0 Å². The van der Waals surface area contributed by atoms with E-state index < -0.39 is 0 Å². The van der Waals surface area contributed by atoms with E-state index in [9.17, 15) is 9.59 Å². The fraction of sp³-hybridized carbons (Fsp3) is 0. The molecule has 2 N–H and O–H groups in total. The van der Waals surface area contributed by atoms with E-state index in [1.807, 2.05) is 24.3 Å². The molecular formula is C22H12Cl4N2O2S2. The molecule has 0 saturated heterocycles. The van der Waals surface area contributed by atoms with Gasteiger partial charge < -0.3 is 10.6 Å². The molecule has 2 amide bonds. The lowest BCUT2D eigenvalue weighted by atomic mass is 10.0. The third-order valence-corrected chi connectivity index (χ3v) is 7.40. The van der Waals surface area contributed by atoms with Crippen LogP contribution in [0.25, 0.3) is 11.1 Å². The summed E-state index contributed by atoms with van der Waals surface area (Å²) < 4.78 is 1.61. The highest BCUT2D eigenvalue weighted by Gasteiger charge is 2.15.